The van der Waals surface area contributed by atoms with Crippen LogP contribution < -0.4 is 10.5 Å². The Labute approximate surface area is 129 Å². The first-order chi connectivity index (χ1) is 10.1. The molecular formula is C18H30N2O. The van der Waals surface area contributed by atoms with Crippen LogP contribution in [0.2, 0.25) is 0 Å². The van der Waals surface area contributed by atoms with Crippen LogP contribution in [-0.2, 0) is 6.54 Å². The molecule has 1 aromatic carbocycles. The molecule has 0 aliphatic heterocycles. The lowest BCUT2D eigenvalue weighted by molar-refractivity contribution is 0.0978. The molecule has 1 saturated carbocycles. The van der Waals surface area contributed by atoms with Crippen LogP contribution in [0.25, 0.3) is 0 Å². The maximum absolute atomic E-state index is 6.21. The van der Waals surface area contributed by atoms with E-state index in [1.807, 2.05) is 12.1 Å². The van der Waals surface area contributed by atoms with Gasteiger partial charge in [-0.2, -0.15) is 0 Å². The summed E-state index contributed by atoms with van der Waals surface area (Å²) in [6.45, 7) is 4.01. The number of nitrogens with zero attached hydrogens (tertiary/aromatic N) is 1. The van der Waals surface area contributed by atoms with Crippen molar-refractivity contribution in [3.8, 4) is 5.75 Å². The summed E-state index contributed by atoms with van der Waals surface area (Å²) in [4.78, 5) is 2.46. The first kappa shape index (κ1) is 16.3. The molecule has 0 bridgehead atoms. The predicted molar refractivity (Wildman–Crippen MR) is 88.5 cm³/mol. The highest BCUT2D eigenvalue weighted by molar-refractivity contribution is 5.33. The third-order valence-electron chi connectivity index (χ3n) is 5.23. The Morgan fingerprint density at radius 1 is 1.29 bits per heavy atom. The van der Waals surface area contributed by atoms with Gasteiger partial charge < -0.3 is 10.5 Å². The molecule has 0 radical (unpaired) electrons. The Kier molecular flexibility index (Phi) is 5.65. The van der Waals surface area contributed by atoms with E-state index in [1.165, 1.54) is 37.7 Å². The first-order valence-corrected chi connectivity index (χ1v) is 8.14. The molecule has 118 valence electrons. The SMILES string of the molecule is COc1ccccc1CN(C)C1(CN)CCCC(C)CC1. The standard InChI is InChI=1S/C18H30N2O/c1-15-7-6-11-18(14-19,12-10-15)20(2)13-16-8-4-5-9-17(16)21-3/h4-5,8-9,15H,6-7,10-14,19H2,1-3H3. The molecule has 3 nitrogen and oxygen atoms in total. The monoisotopic (exact) mass is 290 g/mol. The number of hydrogen-bond acceptors (Lipinski definition) is 3. The maximum Gasteiger partial charge on any atom is 0.123 e. The summed E-state index contributed by atoms with van der Waals surface area (Å²) in [6.07, 6.45) is 6.32. The average Bonchev–Trinajstić information content (AvgIpc) is 2.70. The van der Waals surface area contributed by atoms with Crippen molar-refractivity contribution < 1.29 is 4.74 Å². The van der Waals surface area contributed by atoms with Gasteiger partial charge in [-0.25, -0.2) is 0 Å². The van der Waals surface area contributed by atoms with Gasteiger partial charge in [0.25, 0.3) is 0 Å². The van der Waals surface area contributed by atoms with Gasteiger partial charge >= 0.3 is 0 Å². The van der Waals surface area contributed by atoms with Crippen LogP contribution in [0.1, 0.15) is 44.6 Å². The summed E-state index contributed by atoms with van der Waals surface area (Å²) < 4.78 is 5.48. The van der Waals surface area contributed by atoms with Crippen molar-refractivity contribution in [3.63, 3.8) is 0 Å². The maximum atomic E-state index is 6.21. The summed E-state index contributed by atoms with van der Waals surface area (Å²) in [5.41, 5.74) is 7.59. The van der Waals surface area contributed by atoms with E-state index in [0.717, 1.165) is 24.8 Å². The summed E-state index contributed by atoms with van der Waals surface area (Å²) >= 11 is 0. The minimum absolute atomic E-state index is 0.144. The highest BCUT2D eigenvalue weighted by Crippen LogP contribution is 2.35. The normalized spacial score (nSPS) is 26.6. The molecule has 2 N–H and O–H groups in total. The number of likely N-dealkylation sites (N-methyl/N-ethyl adjacent to an activating group) is 1. The summed E-state index contributed by atoms with van der Waals surface area (Å²) in [7, 11) is 3.96. The van der Waals surface area contributed by atoms with Crippen LogP contribution in [0.5, 0.6) is 5.75 Å². The van der Waals surface area contributed by atoms with E-state index in [0.29, 0.717) is 0 Å². The van der Waals surface area contributed by atoms with Crippen molar-refractivity contribution in [1.29, 1.82) is 0 Å². The first-order valence-electron chi connectivity index (χ1n) is 8.14. The molecule has 0 amide bonds. The molecule has 2 unspecified atom stereocenters. The summed E-state index contributed by atoms with van der Waals surface area (Å²) in [5.74, 6) is 1.80. The topological polar surface area (TPSA) is 38.5 Å². The van der Waals surface area contributed by atoms with E-state index < -0.39 is 0 Å². The van der Waals surface area contributed by atoms with Crippen molar-refractivity contribution in [3.05, 3.63) is 29.8 Å². The van der Waals surface area contributed by atoms with Gasteiger partial charge in [0, 0.05) is 24.2 Å². The molecule has 0 heterocycles. The number of benzene rings is 1. The molecule has 1 aromatic rings. The molecule has 21 heavy (non-hydrogen) atoms. The van der Waals surface area contributed by atoms with Gasteiger partial charge in [-0.3, -0.25) is 4.90 Å². The quantitative estimate of drug-likeness (QED) is 0.844. The molecule has 0 saturated heterocycles. The Morgan fingerprint density at radius 3 is 2.76 bits per heavy atom. The third kappa shape index (κ3) is 3.78. The summed E-state index contributed by atoms with van der Waals surface area (Å²) in [6, 6.07) is 8.29. The Balaban J connectivity index is 2.14. The number of para-hydroxylation sites is 1. The number of rotatable bonds is 5. The van der Waals surface area contributed by atoms with E-state index in [1.54, 1.807) is 7.11 Å². The van der Waals surface area contributed by atoms with Gasteiger partial charge in [0.15, 0.2) is 0 Å². The second-order valence-corrected chi connectivity index (χ2v) is 6.63. The molecule has 0 aromatic heterocycles. The second kappa shape index (κ2) is 7.28. The minimum Gasteiger partial charge on any atom is -0.496 e. The molecule has 2 atom stereocenters. The lowest BCUT2D eigenvalue weighted by Crippen LogP contribution is -2.51. The van der Waals surface area contributed by atoms with Crippen molar-refractivity contribution in [2.24, 2.45) is 11.7 Å². The van der Waals surface area contributed by atoms with Crippen molar-refractivity contribution in [2.45, 2.75) is 51.1 Å². The lowest BCUT2D eigenvalue weighted by atomic mass is 9.87. The average molecular weight is 290 g/mol. The van der Waals surface area contributed by atoms with Crippen molar-refractivity contribution in [2.75, 3.05) is 20.7 Å². The molecule has 3 heteroatoms. The third-order valence-corrected chi connectivity index (χ3v) is 5.23. The van der Waals surface area contributed by atoms with Gasteiger partial charge in [0.2, 0.25) is 0 Å². The highest BCUT2D eigenvalue weighted by Gasteiger charge is 2.35. The fourth-order valence-corrected chi connectivity index (χ4v) is 3.56. The van der Waals surface area contributed by atoms with Gasteiger partial charge in [-0.15, -0.1) is 0 Å². The molecule has 1 aliphatic rings. The van der Waals surface area contributed by atoms with Gasteiger partial charge in [-0.05, 0) is 38.3 Å². The minimum atomic E-state index is 0.144. The van der Waals surface area contributed by atoms with Crippen LogP contribution in [0.4, 0.5) is 0 Å². The zero-order valence-electron chi connectivity index (χ0n) is 13.8. The van der Waals surface area contributed by atoms with E-state index in [4.69, 9.17) is 10.5 Å². The smallest absolute Gasteiger partial charge is 0.123 e. The van der Waals surface area contributed by atoms with E-state index >= 15 is 0 Å². The van der Waals surface area contributed by atoms with Crippen LogP contribution in [0.3, 0.4) is 0 Å². The molecular weight excluding hydrogens is 260 g/mol. The number of methoxy groups -OCH3 is 1. The number of hydrogen-bond donors (Lipinski definition) is 1. The number of ether oxygens (including phenoxy) is 1. The highest BCUT2D eigenvalue weighted by atomic mass is 16.5. The second-order valence-electron chi connectivity index (χ2n) is 6.63. The van der Waals surface area contributed by atoms with E-state index in [2.05, 4.69) is 31.0 Å². The lowest BCUT2D eigenvalue weighted by Gasteiger charge is -2.41. The Hall–Kier alpha value is -1.06. The molecule has 2 rings (SSSR count). The zero-order chi connectivity index (χ0) is 15.3. The summed E-state index contributed by atoms with van der Waals surface area (Å²) in [5, 5.41) is 0. The van der Waals surface area contributed by atoms with E-state index in [9.17, 15) is 0 Å². The van der Waals surface area contributed by atoms with Crippen LogP contribution in [-0.4, -0.2) is 31.1 Å². The number of nitrogens with two attached hydrogens (primary N) is 1. The Morgan fingerprint density at radius 2 is 2.05 bits per heavy atom. The fraction of sp³-hybridized carbons (Fsp3) is 0.667. The van der Waals surface area contributed by atoms with E-state index in [-0.39, 0.29) is 5.54 Å². The zero-order valence-corrected chi connectivity index (χ0v) is 13.8. The predicted octanol–water partition coefficient (Wildman–Crippen LogP) is 3.42. The molecule has 1 aliphatic carbocycles. The van der Waals surface area contributed by atoms with Gasteiger partial charge in [0.05, 0.1) is 7.11 Å². The largest absolute Gasteiger partial charge is 0.496 e. The van der Waals surface area contributed by atoms with Crippen molar-refractivity contribution >= 4 is 0 Å². The molecule has 1 fully saturated rings. The van der Waals surface area contributed by atoms with Gasteiger partial charge in [0.1, 0.15) is 5.75 Å². The van der Waals surface area contributed by atoms with Crippen molar-refractivity contribution in [1.82, 2.24) is 4.90 Å². The van der Waals surface area contributed by atoms with Crippen LogP contribution in [0.15, 0.2) is 24.3 Å². The van der Waals surface area contributed by atoms with Crippen LogP contribution >= 0.6 is 0 Å². The van der Waals surface area contributed by atoms with Crippen LogP contribution in [0, 0.1) is 5.92 Å². The van der Waals surface area contributed by atoms with Gasteiger partial charge in [-0.1, -0.05) is 38.0 Å². The fourth-order valence-electron chi connectivity index (χ4n) is 3.56. The molecule has 0 spiro atoms. The Bertz CT molecular complexity index is 449.